The van der Waals surface area contributed by atoms with Crippen molar-refractivity contribution in [1.29, 1.82) is 0 Å². The average molecular weight is 677 g/mol. The van der Waals surface area contributed by atoms with Gasteiger partial charge in [-0.25, -0.2) is 15.0 Å². The van der Waals surface area contributed by atoms with Crippen LogP contribution in [0.2, 0.25) is 0 Å². The fourth-order valence-electron chi connectivity index (χ4n) is 7.70. The summed E-state index contributed by atoms with van der Waals surface area (Å²) in [6.45, 7) is 0. The van der Waals surface area contributed by atoms with Gasteiger partial charge < -0.3 is 4.42 Å². The maximum atomic E-state index is 6.34. The van der Waals surface area contributed by atoms with Crippen molar-refractivity contribution < 1.29 is 4.42 Å². The van der Waals surface area contributed by atoms with Crippen molar-refractivity contribution in [1.82, 2.24) is 19.9 Å². The van der Waals surface area contributed by atoms with Crippen molar-refractivity contribution >= 4 is 65.0 Å². The van der Waals surface area contributed by atoms with Gasteiger partial charge in [-0.05, 0) is 97.4 Å². The smallest absolute Gasteiger partial charge is 0.164 e. The Balaban J connectivity index is 1.14. The summed E-state index contributed by atoms with van der Waals surface area (Å²) in [5.41, 5.74) is 6.66. The first-order valence-corrected chi connectivity index (χ1v) is 17.7. The second-order valence-corrected chi connectivity index (χ2v) is 13.5. The first-order valence-electron chi connectivity index (χ1n) is 17.7. The molecule has 53 heavy (non-hydrogen) atoms. The van der Waals surface area contributed by atoms with Crippen molar-refractivity contribution in [3.05, 3.63) is 170 Å². The van der Waals surface area contributed by atoms with E-state index >= 15 is 0 Å². The molecule has 3 heterocycles. The molecule has 0 atom stereocenters. The maximum absolute atomic E-state index is 6.34. The van der Waals surface area contributed by atoms with Crippen LogP contribution in [0, 0.1) is 0 Å². The Kier molecular flexibility index (Phi) is 6.48. The third-order valence-electron chi connectivity index (χ3n) is 10.3. The molecule has 0 aliphatic rings. The number of pyridine rings is 1. The van der Waals surface area contributed by atoms with Crippen LogP contribution in [0.5, 0.6) is 0 Å². The Hall–Kier alpha value is -7.24. The average Bonchev–Trinajstić information content (AvgIpc) is 3.61. The van der Waals surface area contributed by atoms with E-state index in [4.69, 9.17) is 19.4 Å². The van der Waals surface area contributed by atoms with Crippen LogP contribution in [0.25, 0.3) is 110 Å². The van der Waals surface area contributed by atoms with E-state index in [0.717, 1.165) is 82.1 Å². The first-order chi connectivity index (χ1) is 26.2. The minimum atomic E-state index is 0.616. The van der Waals surface area contributed by atoms with E-state index in [1.165, 1.54) is 10.8 Å². The van der Waals surface area contributed by atoms with Crippen LogP contribution in [0.4, 0.5) is 0 Å². The monoisotopic (exact) mass is 676 g/mol. The summed E-state index contributed by atoms with van der Waals surface area (Å²) in [5, 5.41) is 11.2. The van der Waals surface area contributed by atoms with Crippen LogP contribution in [-0.4, -0.2) is 19.9 Å². The van der Waals surface area contributed by atoms with E-state index < -0.39 is 0 Å². The Labute approximate surface area is 303 Å². The zero-order chi connectivity index (χ0) is 34.9. The van der Waals surface area contributed by atoms with Crippen LogP contribution in [-0.2, 0) is 0 Å². The van der Waals surface area contributed by atoms with Gasteiger partial charge in [0.25, 0.3) is 0 Å². The fourth-order valence-corrected chi connectivity index (χ4v) is 7.70. The highest BCUT2D eigenvalue weighted by molar-refractivity contribution is 6.19. The maximum Gasteiger partial charge on any atom is 0.164 e. The third kappa shape index (κ3) is 4.94. The number of hydrogen-bond donors (Lipinski definition) is 0. The van der Waals surface area contributed by atoms with E-state index in [-0.39, 0.29) is 0 Å². The molecule has 0 aliphatic heterocycles. The molecule has 0 amide bonds. The number of aromatic nitrogens is 4. The predicted octanol–water partition coefficient (Wildman–Crippen LogP) is 12.4. The van der Waals surface area contributed by atoms with Crippen molar-refractivity contribution in [2.45, 2.75) is 0 Å². The van der Waals surface area contributed by atoms with Gasteiger partial charge in [0.05, 0.1) is 0 Å². The van der Waals surface area contributed by atoms with Crippen LogP contribution < -0.4 is 0 Å². The van der Waals surface area contributed by atoms with Gasteiger partial charge >= 0.3 is 0 Å². The second kappa shape index (κ2) is 11.7. The van der Waals surface area contributed by atoms with Gasteiger partial charge in [0, 0.05) is 45.2 Å². The second-order valence-electron chi connectivity index (χ2n) is 13.5. The number of furan rings is 1. The highest BCUT2D eigenvalue weighted by Crippen LogP contribution is 2.40. The molecule has 5 heteroatoms. The summed E-state index contributed by atoms with van der Waals surface area (Å²) in [5.74, 6) is 1.88. The van der Waals surface area contributed by atoms with Crippen molar-refractivity contribution in [3.8, 4) is 45.3 Å². The summed E-state index contributed by atoms with van der Waals surface area (Å²) >= 11 is 0. The Bertz CT molecular complexity index is 3160. The molecule has 3 aromatic heterocycles. The molecule has 0 bridgehead atoms. The zero-order valence-electron chi connectivity index (χ0n) is 28.4. The topological polar surface area (TPSA) is 64.7 Å². The molecule has 0 unspecified atom stereocenters. The Morgan fingerprint density at radius 2 is 0.925 bits per heavy atom. The predicted molar refractivity (Wildman–Crippen MR) is 217 cm³/mol. The number of nitrogens with zero attached hydrogens (tertiary/aromatic N) is 4. The highest BCUT2D eigenvalue weighted by Gasteiger charge is 2.17. The molecule has 11 rings (SSSR count). The van der Waals surface area contributed by atoms with Gasteiger partial charge in [-0.2, -0.15) is 0 Å². The molecule has 0 saturated carbocycles. The summed E-state index contributed by atoms with van der Waals surface area (Å²) in [6.07, 6.45) is 3.76. The molecular weight excluding hydrogens is 649 g/mol. The molecule has 0 spiro atoms. The summed E-state index contributed by atoms with van der Waals surface area (Å²) in [4.78, 5) is 19.9. The minimum Gasteiger partial charge on any atom is -0.456 e. The number of rotatable bonds is 4. The van der Waals surface area contributed by atoms with Gasteiger partial charge in [0.2, 0.25) is 0 Å². The number of fused-ring (bicyclic) bond motifs is 8. The standard InChI is InChI=1S/C48H28N4O/c1-3-9-32-23-36(15-13-29(32)7-1)46-50-47(37-16-14-30-8-2-4-10-33(30)24-37)52-48(51-46)38-25-34-11-5-6-12-39(34)40(27-38)35-18-19-43-41(26-35)45-42-28-49-22-21-31(42)17-20-44(45)53-43/h1-28H. The summed E-state index contributed by atoms with van der Waals surface area (Å²) in [6, 6.07) is 55.1. The van der Waals surface area contributed by atoms with E-state index in [2.05, 4.69) is 151 Å². The quantitative estimate of drug-likeness (QED) is 0.186. The Morgan fingerprint density at radius 3 is 1.64 bits per heavy atom. The molecule has 0 N–H and O–H groups in total. The lowest BCUT2D eigenvalue weighted by molar-refractivity contribution is 0.669. The molecule has 246 valence electrons. The molecule has 8 aromatic carbocycles. The molecule has 5 nitrogen and oxygen atoms in total. The van der Waals surface area contributed by atoms with E-state index in [0.29, 0.717) is 17.5 Å². The van der Waals surface area contributed by atoms with Crippen molar-refractivity contribution in [2.24, 2.45) is 0 Å². The highest BCUT2D eigenvalue weighted by atomic mass is 16.3. The molecular formula is C48H28N4O. The Morgan fingerprint density at radius 1 is 0.358 bits per heavy atom. The largest absolute Gasteiger partial charge is 0.456 e. The minimum absolute atomic E-state index is 0.616. The van der Waals surface area contributed by atoms with Crippen molar-refractivity contribution in [2.75, 3.05) is 0 Å². The number of benzene rings is 8. The van der Waals surface area contributed by atoms with E-state index in [1.54, 1.807) is 0 Å². The molecule has 0 fully saturated rings. The molecule has 0 radical (unpaired) electrons. The van der Waals surface area contributed by atoms with Gasteiger partial charge in [0.15, 0.2) is 17.5 Å². The van der Waals surface area contributed by atoms with Crippen LogP contribution in [0.15, 0.2) is 175 Å². The fraction of sp³-hybridized carbons (Fsp3) is 0. The first kappa shape index (κ1) is 29.5. The van der Waals surface area contributed by atoms with Gasteiger partial charge in [-0.3, -0.25) is 4.98 Å². The lowest BCUT2D eigenvalue weighted by Crippen LogP contribution is -2.00. The van der Waals surface area contributed by atoms with E-state index in [1.807, 2.05) is 24.5 Å². The van der Waals surface area contributed by atoms with Crippen LogP contribution in [0.3, 0.4) is 0 Å². The lowest BCUT2D eigenvalue weighted by Gasteiger charge is -2.13. The van der Waals surface area contributed by atoms with Gasteiger partial charge in [-0.15, -0.1) is 0 Å². The third-order valence-corrected chi connectivity index (χ3v) is 10.3. The van der Waals surface area contributed by atoms with Crippen LogP contribution in [0.1, 0.15) is 0 Å². The normalized spacial score (nSPS) is 11.8. The van der Waals surface area contributed by atoms with E-state index in [9.17, 15) is 0 Å². The SMILES string of the molecule is c1ccc2cc(-c3nc(-c4ccc5ccccc5c4)nc(-c4cc(-c5ccc6oc7ccc8ccncc8c7c6c5)c5ccccc5c4)n3)ccc2c1. The van der Waals surface area contributed by atoms with Gasteiger partial charge in [0.1, 0.15) is 11.2 Å². The zero-order valence-corrected chi connectivity index (χ0v) is 28.4. The van der Waals surface area contributed by atoms with Gasteiger partial charge in [-0.1, -0.05) is 109 Å². The summed E-state index contributed by atoms with van der Waals surface area (Å²) in [7, 11) is 0. The van der Waals surface area contributed by atoms with Crippen LogP contribution >= 0.6 is 0 Å². The van der Waals surface area contributed by atoms with Crippen molar-refractivity contribution in [3.63, 3.8) is 0 Å². The lowest BCUT2D eigenvalue weighted by atomic mass is 9.94. The summed E-state index contributed by atoms with van der Waals surface area (Å²) < 4.78 is 6.34. The molecule has 0 saturated heterocycles. The number of hydrogen-bond acceptors (Lipinski definition) is 5. The molecule has 0 aliphatic carbocycles. The molecule has 11 aromatic rings.